The minimum atomic E-state index is -3.48. The molecule has 150 valence electrons. The number of likely N-dealkylation sites (N-methyl/N-ethyl adjacent to an activating group) is 1. The maximum atomic E-state index is 12.6. The van der Waals surface area contributed by atoms with Crippen molar-refractivity contribution in [3.05, 3.63) is 65.7 Å². The molecule has 2 aromatic rings. The highest BCUT2D eigenvalue weighted by Crippen LogP contribution is 2.22. The summed E-state index contributed by atoms with van der Waals surface area (Å²) in [5.74, 6) is -1.12. The van der Waals surface area contributed by atoms with Crippen molar-refractivity contribution in [1.82, 2.24) is 4.90 Å². The van der Waals surface area contributed by atoms with E-state index in [-0.39, 0.29) is 22.9 Å². The van der Waals surface area contributed by atoms with Crippen molar-refractivity contribution in [2.75, 3.05) is 24.6 Å². The van der Waals surface area contributed by atoms with Gasteiger partial charge >= 0.3 is 5.97 Å². The molecule has 0 bridgehead atoms. The van der Waals surface area contributed by atoms with Gasteiger partial charge in [-0.1, -0.05) is 43.3 Å². The molecule has 1 N–H and O–H groups in total. The smallest absolute Gasteiger partial charge is 0.339 e. The van der Waals surface area contributed by atoms with Gasteiger partial charge in [0.05, 0.1) is 11.3 Å². The maximum absolute atomic E-state index is 12.6. The summed E-state index contributed by atoms with van der Waals surface area (Å²) >= 11 is 0. The van der Waals surface area contributed by atoms with Gasteiger partial charge in [0.2, 0.25) is 16.1 Å². The van der Waals surface area contributed by atoms with Crippen LogP contribution < -0.4 is 4.72 Å². The highest BCUT2D eigenvalue weighted by atomic mass is 32.2. The Kier molecular flexibility index (Phi) is 7.17. The molecule has 1 unspecified atom stereocenters. The number of nitrogens with one attached hydrogen (secondary N) is 1. The minimum absolute atomic E-state index is 0.0188. The van der Waals surface area contributed by atoms with Gasteiger partial charge in [0, 0.05) is 25.3 Å². The van der Waals surface area contributed by atoms with Crippen molar-refractivity contribution in [1.29, 1.82) is 0 Å². The molecule has 0 aliphatic heterocycles. The van der Waals surface area contributed by atoms with Crippen molar-refractivity contribution in [3.8, 4) is 0 Å². The van der Waals surface area contributed by atoms with E-state index in [9.17, 15) is 18.0 Å². The Morgan fingerprint density at radius 3 is 2.36 bits per heavy atom. The number of anilines is 1. The van der Waals surface area contributed by atoms with Crippen LogP contribution in [-0.2, 0) is 19.6 Å². The molecule has 0 saturated carbocycles. The van der Waals surface area contributed by atoms with Gasteiger partial charge in [-0.25, -0.2) is 13.2 Å². The fourth-order valence-electron chi connectivity index (χ4n) is 2.51. The number of carbonyl (C=O) groups is 2. The van der Waals surface area contributed by atoms with Gasteiger partial charge in [-0.3, -0.25) is 9.52 Å². The van der Waals surface area contributed by atoms with Crippen LogP contribution in [0.15, 0.2) is 54.6 Å². The Balaban J connectivity index is 2.24. The summed E-state index contributed by atoms with van der Waals surface area (Å²) in [7, 11) is -0.324. The van der Waals surface area contributed by atoms with Crippen LogP contribution in [0.3, 0.4) is 0 Å². The fraction of sp³-hybridized carbons (Fsp3) is 0.300. The molecular formula is C20H24N2O5S. The number of amides is 1. The number of nitrogens with zero attached hydrogens (tertiary/aromatic N) is 1. The molecular weight excluding hydrogens is 380 g/mol. The van der Waals surface area contributed by atoms with E-state index in [0.717, 1.165) is 0 Å². The third kappa shape index (κ3) is 5.82. The van der Waals surface area contributed by atoms with Crippen LogP contribution in [0.4, 0.5) is 5.69 Å². The average Bonchev–Trinajstić information content (AvgIpc) is 2.65. The molecule has 28 heavy (non-hydrogen) atoms. The van der Waals surface area contributed by atoms with Crippen LogP contribution in [0.25, 0.3) is 0 Å². The van der Waals surface area contributed by atoms with E-state index in [1.54, 1.807) is 63.5 Å². The second kappa shape index (κ2) is 9.36. The first-order valence-electron chi connectivity index (χ1n) is 8.81. The van der Waals surface area contributed by atoms with Crippen LogP contribution >= 0.6 is 0 Å². The van der Waals surface area contributed by atoms with Crippen LogP contribution in [0.5, 0.6) is 0 Å². The minimum Gasteiger partial charge on any atom is -0.444 e. The Morgan fingerprint density at radius 2 is 1.75 bits per heavy atom. The van der Waals surface area contributed by atoms with Crippen molar-refractivity contribution in [3.63, 3.8) is 0 Å². The second-order valence-corrected chi connectivity index (χ2v) is 8.27. The van der Waals surface area contributed by atoms with Crippen LogP contribution in [-0.4, -0.2) is 45.0 Å². The van der Waals surface area contributed by atoms with Crippen LogP contribution in [0.2, 0.25) is 0 Å². The highest BCUT2D eigenvalue weighted by molar-refractivity contribution is 7.92. The van der Waals surface area contributed by atoms with Gasteiger partial charge in [-0.05, 0) is 24.6 Å². The Hall–Kier alpha value is -2.87. The molecule has 1 amide bonds. The zero-order chi connectivity index (χ0) is 20.7. The van der Waals surface area contributed by atoms with Gasteiger partial charge in [0.15, 0.2) is 0 Å². The SMILES string of the molecule is CCCS(=O)(=O)Nc1cccc(C(=O)OC(C(=O)N(C)C)c2ccccc2)c1. The van der Waals surface area contributed by atoms with Crippen molar-refractivity contribution < 1.29 is 22.7 Å². The maximum Gasteiger partial charge on any atom is 0.339 e. The summed E-state index contributed by atoms with van der Waals surface area (Å²) in [4.78, 5) is 26.5. The quantitative estimate of drug-likeness (QED) is 0.683. The van der Waals surface area contributed by atoms with E-state index < -0.39 is 22.1 Å². The van der Waals surface area contributed by atoms with E-state index in [2.05, 4.69) is 4.72 Å². The Bertz CT molecular complexity index is 927. The first-order valence-corrected chi connectivity index (χ1v) is 10.5. The van der Waals surface area contributed by atoms with E-state index in [1.807, 2.05) is 0 Å². The topological polar surface area (TPSA) is 92.8 Å². The van der Waals surface area contributed by atoms with E-state index >= 15 is 0 Å². The van der Waals surface area contributed by atoms with Gasteiger partial charge in [-0.2, -0.15) is 0 Å². The number of hydrogen-bond donors (Lipinski definition) is 1. The lowest BCUT2D eigenvalue weighted by Gasteiger charge is -2.21. The van der Waals surface area contributed by atoms with Crippen molar-refractivity contribution in [2.45, 2.75) is 19.4 Å². The van der Waals surface area contributed by atoms with Gasteiger partial charge < -0.3 is 9.64 Å². The van der Waals surface area contributed by atoms with E-state index in [0.29, 0.717) is 12.0 Å². The number of benzene rings is 2. The third-order valence-electron chi connectivity index (χ3n) is 3.84. The summed E-state index contributed by atoms with van der Waals surface area (Å²) in [6.45, 7) is 1.76. The normalized spacial score (nSPS) is 12.1. The molecule has 0 spiro atoms. The highest BCUT2D eigenvalue weighted by Gasteiger charge is 2.27. The first-order chi connectivity index (χ1) is 13.2. The Labute approximate surface area is 165 Å². The van der Waals surface area contributed by atoms with Crippen LogP contribution in [0.1, 0.15) is 35.4 Å². The summed E-state index contributed by atoms with van der Waals surface area (Å²) in [6.07, 6.45) is -0.619. The predicted molar refractivity (Wildman–Crippen MR) is 107 cm³/mol. The monoisotopic (exact) mass is 404 g/mol. The van der Waals surface area contributed by atoms with Gasteiger partial charge in [0.25, 0.3) is 5.91 Å². The van der Waals surface area contributed by atoms with Gasteiger partial charge in [0.1, 0.15) is 0 Å². The number of sulfonamides is 1. The first kappa shape index (κ1) is 21.4. The average molecular weight is 404 g/mol. The molecule has 0 saturated heterocycles. The second-order valence-electron chi connectivity index (χ2n) is 6.43. The number of esters is 1. The number of ether oxygens (including phenoxy) is 1. The molecule has 0 aliphatic rings. The van der Waals surface area contributed by atoms with Crippen LogP contribution in [0, 0.1) is 0 Å². The zero-order valence-corrected chi connectivity index (χ0v) is 16.9. The van der Waals surface area contributed by atoms with E-state index in [1.165, 1.54) is 17.0 Å². The van der Waals surface area contributed by atoms with Crippen molar-refractivity contribution >= 4 is 27.6 Å². The lowest BCUT2D eigenvalue weighted by atomic mass is 10.1. The molecule has 0 aliphatic carbocycles. The predicted octanol–water partition coefficient (Wildman–Crippen LogP) is 2.82. The molecule has 0 heterocycles. The van der Waals surface area contributed by atoms with E-state index in [4.69, 9.17) is 4.74 Å². The lowest BCUT2D eigenvalue weighted by molar-refractivity contribution is -0.138. The largest absolute Gasteiger partial charge is 0.444 e. The summed E-state index contributed by atoms with van der Waals surface area (Å²) < 4.78 is 31.8. The Morgan fingerprint density at radius 1 is 1.07 bits per heavy atom. The summed E-state index contributed by atoms with van der Waals surface area (Å²) in [5, 5.41) is 0. The number of carbonyl (C=O) groups excluding carboxylic acids is 2. The molecule has 1 atom stereocenters. The molecule has 7 nitrogen and oxygen atoms in total. The third-order valence-corrected chi connectivity index (χ3v) is 5.33. The standard InChI is InChI=1S/C20H24N2O5S/c1-4-13-28(25,26)21-17-12-8-11-16(14-17)20(24)27-18(19(23)22(2)3)15-9-6-5-7-10-15/h5-12,14,18,21H,4,13H2,1-3H3. The summed E-state index contributed by atoms with van der Waals surface area (Å²) in [6, 6.07) is 14.7. The van der Waals surface area contributed by atoms with Crippen molar-refractivity contribution in [2.24, 2.45) is 0 Å². The molecule has 0 radical (unpaired) electrons. The molecule has 0 fully saturated rings. The zero-order valence-electron chi connectivity index (χ0n) is 16.1. The number of hydrogen-bond acceptors (Lipinski definition) is 5. The molecule has 2 rings (SSSR count). The molecule has 8 heteroatoms. The van der Waals surface area contributed by atoms with Gasteiger partial charge in [-0.15, -0.1) is 0 Å². The number of rotatable bonds is 8. The molecule has 0 aromatic heterocycles. The molecule has 2 aromatic carbocycles. The fourth-order valence-corrected chi connectivity index (χ4v) is 3.63. The lowest BCUT2D eigenvalue weighted by Crippen LogP contribution is -2.31. The summed E-state index contributed by atoms with van der Waals surface area (Å²) in [5.41, 5.74) is 0.955.